The number of likely N-dealkylation sites (tertiary alicyclic amines) is 1. The molecule has 0 radical (unpaired) electrons. The molecule has 0 saturated carbocycles. The molecular formula is C19H31IN4O. The fourth-order valence-electron chi connectivity index (χ4n) is 2.95. The van der Waals surface area contributed by atoms with Crippen LogP contribution in [0.2, 0.25) is 0 Å². The molecule has 1 aliphatic rings. The van der Waals surface area contributed by atoms with E-state index in [1.807, 2.05) is 18.2 Å². The zero-order chi connectivity index (χ0) is 17.4. The topological polar surface area (TPSA) is 56.7 Å². The van der Waals surface area contributed by atoms with Gasteiger partial charge >= 0.3 is 0 Å². The predicted octanol–water partition coefficient (Wildman–Crippen LogP) is 2.90. The molecule has 25 heavy (non-hydrogen) atoms. The predicted molar refractivity (Wildman–Crippen MR) is 115 cm³/mol. The van der Waals surface area contributed by atoms with Gasteiger partial charge in [-0.1, -0.05) is 19.1 Å². The molecule has 6 heteroatoms. The van der Waals surface area contributed by atoms with Crippen LogP contribution in [0.3, 0.4) is 0 Å². The maximum absolute atomic E-state index is 11.7. The number of carbonyl (C=O) groups excluding carboxylic acids is 1. The van der Waals surface area contributed by atoms with Crippen molar-refractivity contribution in [1.29, 1.82) is 0 Å². The van der Waals surface area contributed by atoms with Crippen molar-refractivity contribution >= 4 is 35.8 Å². The van der Waals surface area contributed by atoms with Crippen molar-refractivity contribution in [1.82, 2.24) is 15.5 Å². The highest BCUT2D eigenvalue weighted by atomic mass is 127. The smallest absolute Gasteiger partial charge is 0.251 e. The first-order valence-electron chi connectivity index (χ1n) is 8.98. The molecular weight excluding hydrogens is 427 g/mol. The Balaban J connectivity index is 0.00000312. The number of nitrogens with zero attached hydrogens (tertiary/aromatic N) is 2. The van der Waals surface area contributed by atoms with Crippen LogP contribution in [0.4, 0.5) is 0 Å². The summed E-state index contributed by atoms with van der Waals surface area (Å²) in [4.78, 5) is 18.9. The van der Waals surface area contributed by atoms with Crippen LogP contribution in [-0.2, 0) is 6.42 Å². The Labute approximate surface area is 168 Å². The lowest BCUT2D eigenvalue weighted by atomic mass is 10.00. The van der Waals surface area contributed by atoms with E-state index in [9.17, 15) is 4.79 Å². The Morgan fingerprint density at radius 1 is 1.32 bits per heavy atom. The molecule has 2 rings (SSSR count). The van der Waals surface area contributed by atoms with Crippen LogP contribution in [0.1, 0.15) is 42.6 Å². The largest absolute Gasteiger partial charge is 0.357 e. The SMILES string of the molecule is CCNC(=NCCc1cccc(C(=O)NC)c1)N1CCC(C)CC1.I. The quantitative estimate of drug-likeness (QED) is 0.406. The molecule has 1 aromatic rings. The number of aliphatic imine (C=N–C) groups is 1. The molecule has 1 fully saturated rings. The average Bonchev–Trinajstić information content (AvgIpc) is 2.61. The Bertz CT molecular complexity index is 568. The first-order valence-corrected chi connectivity index (χ1v) is 8.98. The zero-order valence-electron chi connectivity index (χ0n) is 15.5. The number of guanidine groups is 1. The van der Waals surface area contributed by atoms with E-state index in [1.54, 1.807) is 7.05 Å². The molecule has 1 heterocycles. The fraction of sp³-hybridized carbons (Fsp3) is 0.579. The fourth-order valence-corrected chi connectivity index (χ4v) is 2.95. The molecule has 0 bridgehead atoms. The second-order valence-electron chi connectivity index (χ2n) is 6.43. The minimum Gasteiger partial charge on any atom is -0.357 e. The van der Waals surface area contributed by atoms with Crippen LogP contribution < -0.4 is 10.6 Å². The summed E-state index contributed by atoms with van der Waals surface area (Å²) in [5.41, 5.74) is 1.85. The van der Waals surface area contributed by atoms with Gasteiger partial charge in [0.1, 0.15) is 0 Å². The summed E-state index contributed by atoms with van der Waals surface area (Å²) >= 11 is 0. The van der Waals surface area contributed by atoms with Crippen molar-refractivity contribution in [2.45, 2.75) is 33.1 Å². The third-order valence-electron chi connectivity index (χ3n) is 4.50. The first kappa shape index (κ1) is 21.7. The van der Waals surface area contributed by atoms with Crippen LogP contribution in [0.5, 0.6) is 0 Å². The van der Waals surface area contributed by atoms with Gasteiger partial charge in [-0.15, -0.1) is 24.0 Å². The number of nitrogens with one attached hydrogen (secondary N) is 2. The van der Waals surface area contributed by atoms with Crippen LogP contribution in [0, 0.1) is 5.92 Å². The number of carbonyl (C=O) groups is 1. The number of hydrogen-bond donors (Lipinski definition) is 2. The lowest BCUT2D eigenvalue weighted by Crippen LogP contribution is -2.45. The van der Waals surface area contributed by atoms with E-state index < -0.39 is 0 Å². The van der Waals surface area contributed by atoms with Gasteiger partial charge < -0.3 is 15.5 Å². The molecule has 5 nitrogen and oxygen atoms in total. The number of halogens is 1. The van der Waals surface area contributed by atoms with E-state index in [0.29, 0.717) is 5.56 Å². The van der Waals surface area contributed by atoms with Crippen LogP contribution in [0.15, 0.2) is 29.3 Å². The van der Waals surface area contributed by atoms with Gasteiger partial charge in [0.05, 0.1) is 0 Å². The summed E-state index contributed by atoms with van der Waals surface area (Å²) in [6.07, 6.45) is 3.31. The highest BCUT2D eigenvalue weighted by molar-refractivity contribution is 14.0. The highest BCUT2D eigenvalue weighted by Crippen LogP contribution is 2.16. The summed E-state index contributed by atoms with van der Waals surface area (Å²) in [5.74, 6) is 1.79. The molecule has 140 valence electrons. The van der Waals surface area contributed by atoms with Crippen molar-refractivity contribution in [2.75, 3.05) is 33.2 Å². The third-order valence-corrected chi connectivity index (χ3v) is 4.50. The van der Waals surface area contributed by atoms with E-state index >= 15 is 0 Å². The van der Waals surface area contributed by atoms with Crippen molar-refractivity contribution in [3.05, 3.63) is 35.4 Å². The highest BCUT2D eigenvalue weighted by Gasteiger charge is 2.18. The van der Waals surface area contributed by atoms with Gasteiger partial charge in [0, 0.05) is 38.8 Å². The number of amides is 1. The maximum Gasteiger partial charge on any atom is 0.251 e. The first-order chi connectivity index (χ1) is 11.6. The molecule has 0 unspecified atom stereocenters. The van der Waals surface area contributed by atoms with E-state index in [4.69, 9.17) is 4.99 Å². The molecule has 1 aliphatic heterocycles. The number of piperidine rings is 1. The zero-order valence-corrected chi connectivity index (χ0v) is 17.9. The van der Waals surface area contributed by atoms with Gasteiger partial charge in [-0.3, -0.25) is 9.79 Å². The summed E-state index contributed by atoms with van der Waals surface area (Å²) in [6.45, 7) is 8.21. The molecule has 0 spiro atoms. The maximum atomic E-state index is 11.7. The molecule has 1 saturated heterocycles. The summed E-state index contributed by atoms with van der Waals surface area (Å²) in [5, 5.41) is 6.07. The monoisotopic (exact) mass is 458 g/mol. The molecule has 0 aliphatic carbocycles. The van der Waals surface area contributed by atoms with Gasteiger partial charge in [-0.2, -0.15) is 0 Å². The van der Waals surface area contributed by atoms with E-state index in [0.717, 1.165) is 50.0 Å². The Morgan fingerprint density at radius 3 is 2.68 bits per heavy atom. The van der Waals surface area contributed by atoms with Gasteiger partial charge in [0.25, 0.3) is 5.91 Å². The van der Waals surface area contributed by atoms with E-state index in [2.05, 4.69) is 35.4 Å². The Kier molecular flexibility index (Phi) is 9.85. The normalized spacial score (nSPS) is 15.5. The summed E-state index contributed by atoms with van der Waals surface area (Å²) < 4.78 is 0. The third kappa shape index (κ3) is 6.84. The van der Waals surface area contributed by atoms with E-state index in [1.165, 1.54) is 12.8 Å². The second-order valence-corrected chi connectivity index (χ2v) is 6.43. The van der Waals surface area contributed by atoms with Gasteiger partial charge in [-0.25, -0.2) is 0 Å². The minimum absolute atomic E-state index is 0. The van der Waals surface area contributed by atoms with Gasteiger partial charge in [-0.05, 0) is 49.8 Å². The number of hydrogen-bond acceptors (Lipinski definition) is 2. The number of benzene rings is 1. The number of rotatable bonds is 5. The van der Waals surface area contributed by atoms with Gasteiger partial charge in [0.2, 0.25) is 0 Å². The molecule has 0 aromatic heterocycles. The molecule has 1 amide bonds. The van der Waals surface area contributed by atoms with Crippen molar-refractivity contribution in [3.63, 3.8) is 0 Å². The standard InChI is InChI=1S/C19H30N4O.HI/c1-4-21-19(23-12-9-15(2)10-13-23)22-11-8-16-6-5-7-17(14-16)18(24)20-3;/h5-7,14-15H,4,8-13H2,1-3H3,(H,20,24)(H,21,22);1H. The lowest BCUT2D eigenvalue weighted by Gasteiger charge is -2.33. The van der Waals surface area contributed by atoms with Crippen molar-refractivity contribution in [3.8, 4) is 0 Å². The van der Waals surface area contributed by atoms with Crippen LogP contribution >= 0.6 is 24.0 Å². The van der Waals surface area contributed by atoms with Crippen LogP contribution in [0.25, 0.3) is 0 Å². The van der Waals surface area contributed by atoms with Crippen LogP contribution in [-0.4, -0.2) is 50.0 Å². The summed E-state index contributed by atoms with van der Waals surface area (Å²) in [7, 11) is 1.65. The minimum atomic E-state index is -0.0453. The average molecular weight is 458 g/mol. The second kappa shape index (κ2) is 11.3. The molecule has 1 aromatic carbocycles. The Morgan fingerprint density at radius 2 is 2.04 bits per heavy atom. The van der Waals surface area contributed by atoms with Crippen molar-refractivity contribution < 1.29 is 4.79 Å². The summed E-state index contributed by atoms with van der Waals surface area (Å²) in [6, 6.07) is 7.77. The Hall–Kier alpha value is -1.31. The molecule has 0 atom stereocenters. The lowest BCUT2D eigenvalue weighted by molar-refractivity contribution is 0.0963. The van der Waals surface area contributed by atoms with Gasteiger partial charge in [0.15, 0.2) is 5.96 Å². The van der Waals surface area contributed by atoms with Crippen molar-refractivity contribution in [2.24, 2.45) is 10.9 Å². The molecule has 2 N–H and O–H groups in total. The van der Waals surface area contributed by atoms with E-state index in [-0.39, 0.29) is 29.9 Å².